The van der Waals surface area contributed by atoms with Crippen molar-refractivity contribution < 1.29 is 9.53 Å². The highest BCUT2D eigenvalue weighted by atomic mass is 79.9. The van der Waals surface area contributed by atoms with Crippen LogP contribution in [0.25, 0.3) is 0 Å². The molecule has 2 saturated heterocycles. The highest BCUT2D eigenvalue weighted by Crippen LogP contribution is 2.46. The van der Waals surface area contributed by atoms with E-state index < -0.39 is 0 Å². The van der Waals surface area contributed by atoms with Crippen molar-refractivity contribution in [3.05, 3.63) is 69.7 Å². The Kier molecular flexibility index (Phi) is 6.76. The molecule has 0 radical (unpaired) electrons. The van der Waals surface area contributed by atoms with Crippen molar-refractivity contribution in [3.63, 3.8) is 0 Å². The molecule has 1 aliphatic carbocycles. The van der Waals surface area contributed by atoms with Crippen molar-refractivity contribution in [1.29, 1.82) is 0 Å². The van der Waals surface area contributed by atoms with Crippen LogP contribution in [0.4, 0.5) is 0 Å². The van der Waals surface area contributed by atoms with Crippen LogP contribution in [0.5, 0.6) is 0 Å². The summed E-state index contributed by atoms with van der Waals surface area (Å²) in [6.45, 7) is 3.66. The van der Waals surface area contributed by atoms with Crippen molar-refractivity contribution in [2.75, 3.05) is 26.2 Å². The van der Waals surface area contributed by atoms with Gasteiger partial charge in [-0.25, -0.2) is 0 Å². The smallest absolute Gasteiger partial charge is 0.228 e. The molecule has 1 N–H and O–H groups in total. The zero-order valence-electron chi connectivity index (χ0n) is 20.6. The Bertz CT molecular complexity index is 1050. The van der Waals surface area contributed by atoms with E-state index in [1.165, 1.54) is 48.8 Å². The van der Waals surface area contributed by atoms with Gasteiger partial charge in [0, 0.05) is 35.6 Å². The number of hydrogen-bond acceptors (Lipinski definition) is 3. The molecular weight excluding hydrogens is 500 g/mol. The van der Waals surface area contributed by atoms with Gasteiger partial charge in [-0.3, -0.25) is 4.79 Å². The molecule has 0 bridgehead atoms. The molecule has 4 nitrogen and oxygen atoms in total. The second kappa shape index (κ2) is 9.99. The maximum atomic E-state index is 14.5. The maximum Gasteiger partial charge on any atom is 0.228 e. The topological polar surface area (TPSA) is 41.6 Å². The summed E-state index contributed by atoms with van der Waals surface area (Å²) in [5.74, 6) is 1.47. The molecule has 2 aromatic carbocycles. The monoisotopic (exact) mass is 536 g/mol. The van der Waals surface area contributed by atoms with Gasteiger partial charge in [-0.2, -0.15) is 0 Å². The third-order valence-corrected chi connectivity index (χ3v) is 10.2. The van der Waals surface area contributed by atoms with Crippen LogP contribution in [0, 0.1) is 11.8 Å². The predicted octanol–water partition coefficient (Wildman–Crippen LogP) is 5.79. The number of halogens is 1. The van der Waals surface area contributed by atoms with E-state index in [1.807, 2.05) is 0 Å². The molecule has 5 heteroatoms. The lowest BCUT2D eigenvalue weighted by molar-refractivity contribution is -0.144. The Balaban J connectivity index is 1.31. The van der Waals surface area contributed by atoms with Crippen molar-refractivity contribution in [2.45, 2.75) is 68.9 Å². The van der Waals surface area contributed by atoms with E-state index in [-0.39, 0.29) is 11.3 Å². The summed E-state index contributed by atoms with van der Waals surface area (Å²) >= 11 is 3.74. The molecule has 3 heterocycles. The maximum absolute atomic E-state index is 14.5. The second-order valence-corrected chi connectivity index (χ2v) is 12.1. The molecule has 2 aromatic rings. The second-order valence-electron chi connectivity index (χ2n) is 11.2. The van der Waals surface area contributed by atoms with Gasteiger partial charge in [-0.1, -0.05) is 77.7 Å². The minimum Gasteiger partial charge on any atom is -0.376 e. The number of likely N-dealkylation sites (tertiary alicyclic amines) is 1. The minimum absolute atomic E-state index is 0.0739. The van der Waals surface area contributed by atoms with Crippen molar-refractivity contribution >= 4 is 21.8 Å². The van der Waals surface area contributed by atoms with Gasteiger partial charge in [0.2, 0.25) is 5.91 Å². The number of nitrogens with zero attached hydrogens (tertiary/aromatic N) is 1. The van der Waals surface area contributed by atoms with Crippen LogP contribution in [0.2, 0.25) is 0 Å². The molecule has 1 saturated carbocycles. The number of ether oxygens (including phenoxy) is 1. The molecule has 3 fully saturated rings. The average molecular weight is 538 g/mol. The van der Waals surface area contributed by atoms with E-state index in [9.17, 15) is 4.79 Å². The fraction of sp³-hybridized carbons (Fsp3) is 0.567. The zero-order valence-corrected chi connectivity index (χ0v) is 22.1. The lowest BCUT2D eigenvalue weighted by Crippen LogP contribution is -2.56. The number of benzene rings is 2. The minimum atomic E-state index is -0.276. The normalized spacial score (nSPS) is 31.5. The standard InChI is InChI=1S/C30H37BrN2O2/c31-27-13-7-12-25-24(27)18-35-20-30(25)19-32-17-26(30)29(34)33-15-14-23(21-8-3-1-4-9-21)16-28(33)22-10-5-2-6-11-22/h1,3-4,7-9,12-13,22-23,26,28,32H,2,5-6,10-11,14-20H2/t23-,26?,28+,30-/m1/s1. The summed E-state index contributed by atoms with van der Waals surface area (Å²) in [6, 6.07) is 17.8. The summed E-state index contributed by atoms with van der Waals surface area (Å²) in [6.07, 6.45) is 8.66. The van der Waals surface area contributed by atoms with Crippen molar-refractivity contribution in [2.24, 2.45) is 11.8 Å². The van der Waals surface area contributed by atoms with Crippen LogP contribution >= 0.6 is 15.9 Å². The molecule has 4 aliphatic rings. The fourth-order valence-corrected chi connectivity index (χ4v) is 8.05. The van der Waals surface area contributed by atoms with Gasteiger partial charge in [0.15, 0.2) is 0 Å². The number of nitrogens with one attached hydrogen (secondary N) is 1. The summed E-state index contributed by atoms with van der Waals surface area (Å²) in [7, 11) is 0. The number of rotatable bonds is 3. The quantitative estimate of drug-likeness (QED) is 0.539. The van der Waals surface area contributed by atoms with E-state index in [4.69, 9.17) is 4.74 Å². The van der Waals surface area contributed by atoms with Crippen LogP contribution in [-0.2, 0) is 21.6 Å². The Hall–Kier alpha value is -1.69. The first-order valence-electron chi connectivity index (χ1n) is 13.6. The van der Waals surface area contributed by atoms with E-state index in [1.54, 1.807) is 0 Å². The van der Waals surface area contributed by atoms with Gasteiger partial charge in [0.1, 0.15) is 0 Å². The average Bonchev–Trinajstić information content (AvgIpc) is 3.33. The predicted molar refractivity (Wildman–Crippen MR) is 142 cm³/mol. The fourth-order valence-electron chi connectivity index (χ4n) is 7.57. The van der Waals surface area contributed by atoms with Gasteiger partial charge < -0.3 is 15.0 Å². The number of fused-ring (bicyclic) bond motifs is 2. The molecular formula is C30H37BrN2O2. The number of carbonyl (C=O) groups is 1. The van der Waals surface area contributed by atoms with E-state index in [0.29, 0.717) is 37.0 Å². The van der Waals surface area contributed by atoms with Gasteiger partial charge >= 0.3 is 0 Å². The van der Waals surface area contributed by atoms with Gasteiger partial charge in [0.25, 0.3) is 0 Å². The molecule has 6 rings (SSSR count). The molecule has 0 aromatic heterocycles. The number of hydrogen-bond donors (Lipinski definition) is 1. The molecule has 1 amide bonds. The third-order valence-electron chi connectivity index (χ3n) is 9.41. The van der Waals surface area contributed by atoms with Crippen LogP contribution in [0.1, 0.15) is 67.6 Å². The zero-order chi connectivity index (χ0) is 23.8. The molecule has 3 aliphatic heterocycles. The summed E-state index contributed by atoms with van der Waals surface area (Å²) < 4.78 is 7.25. The SMILES string of the molecule is O=C(C1CNC[C@]12COCc1c(Br)cccc12)N1CC[C@@H](c2ccccc2)C[C@H]1C1CCCCC1. The Morgan fingerprint density at radius 3 is 2.69 bits per heavy atom. The molecule has 4 atom stereocenters. The summed E-state index contributed by atoms with van der Waals surface area (Å²) in [5.41, 5.74) is 3.68. The molecule has 1 spiro atoms. The molecule has 186 valence electrons. The van der Waals surface area contributed by atoms with Crippen molar-refractivity contribution in [1.82, 2.24) is 10.2 Å². The van der Waals surface area contributed by atoms with Gasteiger partial charge in [-0.05, 0) is 60.3 Å². The third kappa shape index (κ3) is 4.28. The highest BCUT2D eigenvalue weighted by Gasteiger charge is 2.53. The number of piperidine rings is 1. The first-order chi connectivity index (χ1) is 17.2. The van der Waals surface area contributed by atoms with Crippen LogP contribution < -0.4 is 5.32 Å². The first-order valence-corrected chi connectivity index (χ1v) is 14.4. The Morgan fingerprint density at radius 2 is 1.86 bits per heavy atom. The van der Waals surface area contributed by atoms with Crippen LogP contribution in [0.15, 0.2) is 53.0 Å². The largest absolute Gasteiger partial charge is 0.376 e. The lowest BCUT2D eigenvalue weighted by atomic mass is 9.69. The van der Waals surface area contributed by atoms with E-state index in [0.717, 1.165) is 36.9 Å². The Labute approximate surface area is 217 Å². The highest BCUT2D eigenvalue weighted by molar-refractivity contribution is 9.10. The Morgan fingerprint density at radius 1 is 1.03 bits per heavy atom. The first kappa shape index (κ1) is 23.7. The number of carbonyl (C=O) groups excluding carboxylic acids is 1. The van der Waals surface area contributed by atoms with Crippen LogP contribution in [0.3, 0.4) is 0 Å². The summed E-state index contributed by atoms with van der Waals surface area (Å²) in [4.78, 5) is 16.8. The van der Waals surface area contributed by atoms with Gasteiger partial charge in [-0.15, -0.1) is 0 Å². The van der Waals surface area contributed by atoms with E-state index in [2.05, 4.69) is 74.7 Å². The van der Waals surface area contributed by atoms with Gasteiger partial charge in [0.05, 0.1) is 19.1 Å². The molecule has 1 unspecified atom stereocenters. The molecule has 35 heavy (non-hydrogen) atoms. The summed E-state index contributed by atoms with van der Waals surface area (Å²) in [5, 5.41) is 3.60. The van der Waals surface area contributed by atoms with Crippen molar-refractivity contribution in [3.8, 4) is 0 Å². The lowest BCUT2D eigenvalue weighted by Gasteiger charge is -2.48. The van der Waals surface area contributed by atoms with E-state index >= 15 is 0 Å². The van der Waals surface area contributed by atoms with Crippen LogP contribution in [-0.4, -0.2) is 43.1 Å². The number of amides is 1.